The van der Waals surface area contributed by atoms with Gasteiger partial charge in [-0.1, -0.05) is 13.8 Å². The fourth-order valence-corrected chi connectivity index (χ4v) is 1.72. The second-order valence-electron chi connectivity index (χ2n) is 4.47. The van der Waals surface area contributed by atoms with E-state index < -0.39 is 17.3 Å². The van der Waals surface area contributed by atoms with Gasteiger partial charge in [-0.05, 0) is 12.0 Å². The van der Waals surface area contributed by atoms with Crippen molar-refractivity contribution in [2.75, 3.05) is 24.2 Å². The highest BCUT2D eigenvalue weighted by atomic mass is 19.1. The van der Waals surface area contributed by atoms with E-state index in [2.05, 4.69) is 0 Å². The minimum atomic E-state index is -1.31. The molecule has 0 unspecified atom stereocenters. The number of carbonyl (C=O) groups is 1. The first kappa shape index (κ1) is 13.3. The Balaban J connectivity index is 3.11. The largest absolute Gasteiger partial charge is 0.478 e. The minimum absolute atomic E-state index is 0.270. The molecule has 0 heterocycles. The fraction of sp³-hybridized carbons (Fsp3) is 0.417. The Kier molecular flexibility index (Phi) is 3.93. The van der Waals surface area contributed by atoms with Crippen LogP contribution >= 0.6 is 0 Å². The van der Waals surface area contributed by atoms with E-state index in [-0.39, 0.29) is 5.69 Å². The highest BCUT2D eigenvalue weighted by Crippen LogP contribution is 2.26. The number of hydrogen-bond donors (Lipinski definition) is 2. The zero-order valence-corrected chi connectivity index (χ0v) is 10.2. The number of halogens is 1. The molecule has 5 heteroatoms. The summed E-state index contributed by atoms with van der Waals surface area (Å²) in [6, 6.07) is 2.32. The monoisotopic (exact) mass is 240 g/mol. The molecular weight excluding hydrogens is 223 g/mol. The molecule has 1 aromatic carbocycles. The Morgan fingerprint density at radius 3 is 2.59 bits per heavy atom. The first-order valence-electron chi connectivity index (χ1n) is 5.36. The molecule has 0 amide bonds. The molecule has 0 saturated heterocycles. The normalized spacial score (nSPS) is 10.6. The second kappa shape index (κ2) is 5.03. The smallest absolute Gasteiger partial charge is 0.338 e. The quantitative estimate of drug-likeness (QED) is 0.792. The number of nitrogens with two attached hydrogens (primary N) is 1. The van der Waals surface area contributed by atoms with Gasteiger partial charge in [-0.25, -0.2) is 9.18 Å². The Hall–Kier alpha value is -1.78. The summed E-state index contributed by atoms with van der Waals surface area (Å²) in [6.07, 6.45) is 0. The van der Waals surface area contributed by atoms with Gasteiger partial charge in [0.05, 0.1) is 16.9 Å². The Morgan fingerprint density at radius 2 is 2.12 bits per heavy atom. The summed E-state index contributed by atoms with van der Waals surface area (Å²) in [5.74, 6) is -1.67. The fourth-order valence-electron chi connectivity index (χ4n) is 1.72. The van der Waals surface area contributed by atoms with Gasteiger partial charge in [0.15, 0.2) is 0 Å². The molecule has 17 heavy (non-hydrogen) atoms. The molecule has 1 aromatic rings. The van der Waals surface area contributed by atoms with Crippen LogP contribution in [0.5, 0.6) is 0 Å². The third kappa shape index (κ3) is 3.09. The first-order valence-corrected chi connectivity index (χ1v) is 5.36. The molecule has 0 aliphatic rings. The standard InChI is InChI=1S/C12H17FN2O2/c1-7(2)6-15(3)11-5-9(13)8(12(16)17)4-10(11)14/h4-5,7H,6,14H2,1-3H3,(H,16,17). The SMILES string of the molecule is CC(C)CN(C)c1cc(F)c(C(=O)O)cc1N. The number of hydrogen-bond acceptors (Lipinski definition) is 3. The predicted octanol–water partition coefficient (Wildman–Crippen LogP) is 2.20. The van der Waals surface area contributed by atoms with Crippen LogP contribution in [0.15, 0.2) is 12.1 Å². The van der Waals surface area contributed by atoms with E-state index >= 15 is 0 Å². The van der Waals surface area contributed by atoms with E-state index in [9.17, 15) is 9.18 Å². The van der Waals surface area contributed by atoms with Crippen molar-refractivity contribution in [2.45, 2.75) is 13.8 Å². The van der Waals surface area contributed by atoms with Crippen molar-refractivity contribution in [2.24, 2.45) is 5.92 Å². The number of aromatic carboxylic acids is 1. The van der Waals surface area contributed by atoms with Crippen LogP contribution in [0.3, 0.4) is 0 Å². The van der Waals surface area contributed by atoms with Gasteiger partial charge in [-0.15, -0.1) is 0 Å². The van der Waals surface area contributed by atoms with Crippen LogP contribution in [-0.4, -0.2) is 24.7 Å². The highest BCUT2D eigenvalue weighted by molar-refractivity contribution is 5.90. The maximum Gasteiger partial charge on any atom is 0.338 e. The Morgan fingerprint density at radius 1 is 1.53 bits per heavy atom. The molecular formula is C12H17FN2O2. The molecule has 0 radical (unpaired) electrons. The first-order chi connectivity index (χ1) is 7.82. The van der Waals surface area contributed by atoms with Crippen molar-refractivity contribution >= 4 is 17.3 Å². The summed E-state index contributed by atoms with van der Waals surface area (Å²) in [5.41, 5.74) is 6.12. The minimum Gasteiger partial charge on any atom is -0.478 e. The second-order valence-corrected chi connectivity index (χ2v) is 4.47. The summed E-state index contributed by atoms with van der Waals surface area (Å²) in [7, 11) is 1.80. The molecule has 94 valence electrons. The average molecular weight is 240 g/mol. The molecule has 4 nitrogen and oxygen atoms in total. The number of carboxylic acid groups (broad SMARTS) is 1. The summed E-state index contributed by atoms with van der Waals surface area (Å²) >= 11 is 0. The number of rotatable bonds is 4. The maximum absolute atomic E-state index is 13.5. The topological polar surface area (TPSA) is 66.6 Å². The molecule has 0 bridgehead atoms. The van der Waals surface area contributed by atoms with Crippen LogP contribution in [0.1, 0.15) is 24.2 Å². The molecule has 3 N–H and O–H groups in total. The van der Waals surface area contributed by atoms with Gasteiger partial charge >= 0.3 is 5.97 Å². The summed E-state index contributed by atoms with van der Waals surface area (Å²) in [5, 5.41) is 8.76. The maximum atomic E-state index is 13.5. The lowest BCUT2D eigenvalue weighted by Gasteiger charge is -2.23. The number of anilines is 2. The van der Waals surface area contributed by atoms with Crippen molar-refractivity contribution in [3.05, 3.63) is 23.5 Å². The van der Waals surface area contributed by atoms with Crippen molar-refractivity contribution in [3.63, 3.8) is 0 Å². The van der Waals surface area contributed by atoms with Crippen molar-refractivity contribution in [3.8, 4) is 0 Å². The van der Waals surface area contributed by atoms with Crippen LogP contribution in [-0.2, 0) is 0 Å². The van der Waals surface area contributed by atoms with E-state index in [4.69, 9.17) is 10.8 Å². The van der Waals surface area contributed by atoms with Gasteiger partial charge < -0.3 is 15.7 Å². The van der Waals surface area contributed by atoms with Crippen LogP contribution < -0.4 is 10.6 Å². The zero-order valence-electron chi connectivity index (χ0n) is 10.2. The average Bonchev–Trinajstić information content (AvgIpc) is 2.19. The lowest BCUT2D eigenvalue weighted by molar-refractivity contribution is 0.0692. The third-order valence-electron chi connectivity index (χ3n) is 2.40. The van der Waals surface area contributed by atoms with E-state index in [0.717, 1.165) is 12.6 Å². The van der Waals surface area contributed by atoms with Crippen molar-refractivity contribution in [1.29, 1.82) is 0 Å². The molecule has 0 aliphatic carbocycles. The van der Waals surface area contributed by atoms with E-state index in [1.54, 1.807) is 7.05 Å². The Labute approximate surface area is 99.8 Å². The number of benzene rings is 1. The highest BCUT2D eigenvalue weighted by Gasteiger charge is 2.16. The van der Waals surface area contributed by atoms with Gasteiger partial charge in [0.2, 0.25) is 0 Å². The van der Waals surface area contributed by atoms with E-state index in [1.807, 2.05) is 18.7 Å². The lowest BCUT2D eigenvalue weighted by Crippen LogP contribution is -2.24. The predicted molar refractivity (Wildman–Crippen MR) is 65.9 cm³/mol. The van der Waals surface area contributed by atoms with Gasteiger partial charge in [-0.3, -0.25) is 0 Å². The zero-order chi connectivity index (χ0) is 13.2. The van der Waals surface area contributed by atoms with Crippen molar-refractivity contribution in [1.82, 2.24) is 0 Å². The summed E-state index contributed by atoms with van der Waals surface area (Å²) < 4.78 is 13.5. The molecule has 0 atom stereocenters. The van der Waals surface area contributed by atoms with Gasteiger partial charge in [0.25, 0.3) is 0 Å². The van der Waals surface area contributed by atoms with Crippen LogP contribution in [0.2, 0.25) is 0 Å². The van der Waals surface area contributed by atoms with E-state index in [1.165, 1.54) is 6.07 Å². The number of carboxylic acids is 1. The van der Waals surface area contributed by atoms with Gasteiger partial charge in [-0.2, -0.15) is 0 Å². The summed E-state index contributed by atoms with van der Waals surface area (Å²) in [4.78, 5) is 12.5. The number of nitrogens with zero attached hydrogens (tertiary/aromatic N) is 1. The van der Waals surface area contributed by atoms with Crippen LogP contribution in [0.25, 0.3) is 0 Å². The van der Waals surface area contributed by atoms with Crippen LogP contribution in [0, 0.1) is 11.7 Å². The Bertz CT molecular complexity index is 433. The number of nitrogen functional groups attached to an aromatic ring is 1. The van der Waals surface area contributed by atoms with E-state index in [0.29, 0.717) is 11.6 Å². The molecule has 0 fully saturated rings. The van der Waals surface area contributed by atoms with Gasteiger partial charge in [0.1, 0.15) is 5.82 Å². The lowest BCUT2D eigenvalue weighted by atomic mass is 10.1. The molecule has 0 aliphatic heterocycles. The summed E-state index contributed by atoms with van der Waals surface area (Å²) in [6.45, 7) is 4.79. The third-order valence-corrected chi connectivity index (χ3v) is 2.40. The van der Waals surface area contributed by atoms with Crippen LogP contribution in [0.4, 0.5) is 15.8 Å². The molecule has 0 spiro atoms. The van der Waals surface area contributed by atoms with Crippen molar-refractivity contribution < 1.29 is 14.3 Å². The molecule has 1 rings (SSSR count). The molecule has 0 saturated carbocycles. The van der Waals surface area contributed by atoms with Gasteiger partial charge in [0, 0.05) is 19.7 Å². The molecule has 0 aromatic heterocycles.